The third-order valence-corrected chi connectivity index (χ3v) is 6.05. The minimum Gasteiger partial charge on any atom is -0.492 e. The van der Waals surface area contributed by atoms with E-state index in [1.54, 1.807) is 0 Å². The molecule has 4 rings (SSSR count). The number of aromatic nitrogens is 1. The number of anilines is 2. The van der Waals surface area contributed by atoms with Crippen molar-refractivity contribution < 1.29 is 19.0 Å². The number of fused-ring (bicyclic) bond motifs is 1. The Balaban J connectivity index is 1.75. The Kier molecular flexibility index (Phi) is 7.53. The van der Waals surface area contributed by atoms with Crippen LogP contribution in [0.15, 0.2) is 36.4 Å². The van der Waals surface area contributed by atoms with E-state index in [1.165, 1.54) is 0 Å². The first-order valence-electron chi connectivity index (χ1n) is 12.0. The van der Waals surface area contributed by atoms with Crippen LogP contribution in [0.5, 0.6) is 11.5 Å². The maximum absolute atomic E-state index is 13.6. The van der Waals surface area contributed by atoms with Crippen molar-refractivity contribution >= 4 is 28.2 Å². The van der Waals surface area contributed by atoms with Gasteiger partial charge in [0.15, 0.2) is 0 Å². The Labute approximate surface area is 201 Å². The van der Waals surface area contributed by atoms with Crippen molar-refractivity contribution in [2.45, 2.75) is 34.1 Å². The normalized spacial score (nSPS) is 13.7. The second kappa shape index (κ2) is 10.7. The minimum absolute atomic E-state index is 0.199. The molecule has 180 valence electrons. The molecule has 1 fully saturated rings. The topological polar surface area (TPSA) is 72.9 Å². The lowest BCUT2D eigenvalue weighted by Crippen LogP contribution is -2.36. The number of benzene rings is 2. The van der Waals surface area contributed by atoms with Crippen LogP contribution >= 0.6 is 0 Å². The lowest BCUT2D eigenvalue weighted by molar-refractivity contribution is 0.102. The van der Waals surface area contributed by atoms with E-state index < -0.39 is 0 Å². The van der Waals surface area contributed by atoms with E-state index in [0.717, 1.165) is 40.9 Å². The van der Waals surface area contributed by atoms with Crippen molar-refractivity contribution in [1.82, 2.24) is 4.98 Å². The van der Waals surface area contributed by atoms with Gasteiger partial charge in [-0.2, -0.15) is 0 Å². The molecule has 2 heterocycles. The zero-order valence-electron chi connectivity index (χ0n) is 20.4. The molecule has 1 aliphatic rings. The van der Waals surface area contributed by atoms with Crippen LogP contribution in [0.4, 0.5) is 11.4 Å². The second-order valence-corrected chi connectivity index (χ2v) is 8.16. The molecule has 1 amide bonds. The average Bonchev–Trinajstić information content (AvgIpc) is 2.86. The molecule has 1 saturated heterocycles. The molecule has 2 aromatic carbocycles. The van der Waals surface area contributed by atoms with Crippen molar-refractivity contribution in [3.63, 3.8) is 0 Å². The molecule has 7 heteroatoms. The number of morpholine rings is 1. The fourth-order valence-electron chi connectivity index (χ4n) is 4.43. The lowest BCUT2D eigenvalue weighted by atomic mass is 9.99. The first kappa shape index (κ1) is 23.8. The van der Waals surface area contributed by atoms with Crippen molar-refractivity contribution in [3.05, 3.63) is 53.2 Å². The van der Waals surface area contributed by atoms with Gasteiger partial charge in [-0.05, 0) is 38.8 Å². The molecule has 0 aliphatic carbocycles. The molecule has 0 spiro atoms. The van der Waals surface area contributed by atoms with E-state index in [-0.39, 0.29) is 5.91 Å². The number of pyridine rings is 1. The first-order valence-corrected chi connectivity index (χ1v) is 12.0. The molecule has 3 aromatic rings. The van der Waals surface area contributed by atoms with Gasteiger partial charge >= 0.3 is 0 Å². The van der Waals surface area contributed by atoms with E-state index in [9.17, 15) is 4.79 Å². The van der Waals surface area contributed by atoms with E-state index in [0.29, 0.717) is 55.6 Å². The van der Waals surface area contributed by atoms with Gasteiger partial charge in [0, 0.05) is 30.6 Å². The van der Waals surface area contributed by atoms with Gasteiger partial charge in [-0.3, -0.25) is 9.78 Å². The Morgan fingerprint density at radius 2 is 1.76 bits per heavy atom. The van der Waals surface area contributed by atoms with Gasteiger partial charge < -0.3 is 24.4 Å². The predicted octanol–water partition coefficient (Wildman–Crippen LogP) is 4.99. The molecule has 0 atom stereocenters. The van der Waals surface area contributed by atoms with Crippen molar-refractivity contribution in [2.75, 3.05) is 49.7 Å². The van der Waals surface area contributed by atoms with Crippen molar-refractivity contribution in [1.29, 1.82) is 0 Å². The van der Waals surface area contributed by atoms with Crippen LogP contribution in [0.1, 0.15) is 42.4 Å². The SMILES string of the molecule is CCOc1cc(N2CCOCC2)c(OCC)cc1NC(=O)c1c(CC)nc2ccccc2c1C. The van der Waals surface area contributed by atoms with Crippen LogP contribution in [0.3, 0.4) is 0 Å². The van der Waals surface area contributed by atoms with Gasteiger partial charge in [0.1, 0.15) is 11.5 Å². The fraction of sp³-hybridized carbons (Fsp3) is 0.407. The molecular formula is C27H33N3O4. The molecule has 34 heavy (non-hydrogen) atoms. The molecule has 0 radical (unpaired) electrons. The van der Waals surface area contributed by atoms with E-state index in [1.807, 2.05) is 64.1 Å². The fourth-order valence-corrected chi connectivity index (χ4v) is 4.43. The van der Waals surface area contributed by atoms with E-state index in [2.05, 4.69) is 10.2 Å². The summed E-state index contributed by atoms with van der Waals surface area (Å²) in [5.41, 5.74) is 4.75. The number of rotatable bonds is 8. The van der Waals surface area contributed by atoms with Crippen LogP contribution < -0.4 is 19.7 Å². The number of para-hydroxylation sites is 1. The maximum atomic E-state index is 13.6. The van der Waals surface area contributed by atoms with Gasteiger partial charge in [-0.25, -0.2) is 0 Å². The summed E-state index contributed by atoms with van der Waals surface area (Å²) in [7, 11) is 0. The Morgan fingerprint density at radius 3 is 2.47 bits per heavy atom. The largest absolute Gasteiger partial charge is 0.492 e. The lowest BCUT2D eigenvalue weighted by Gasteiger charge is -2.31. The van der Waals surface area contributed by atoms with Gasteiger partial charge in [0.05, 0.1) is 54.6 Å². The van der Waals surface area contributed by atoms with Gasteiger partial charge in [0.25, 0.3) is 5.91 Å². The molecular weight excluding hydrogens is 430 g/mol. The zero-order chi connectivity index (χ0) is 24.1. The summed E-state index contributed by atoms with van der Waals surface area (Å²) in [6.45, 7) is 11.8. The van der Waals surface area contributed by atoms with Crippen LogP contribution in [-0.4, -0.2) is 50.4 Å². The van der Waals surface area contributed by atoms with Gasteiger partial charge in [0.2, 0.25) is 0 Å². The number of carbonyl (C=O) groups is 1. The van der Waals surface area contributed by atoms with Crippen LogP contribution in [0, 0.1) is 6.92 Å². The third kappa shape index (κ3) is 4.80. The number of hydrogen-bond acceptors (Lipinski definition) is 6. The summed E-state index contributed by atoms with van der Waals surface area (Å²) >= 11 is 0. The summed E-state index contributed by atoms with van der Waals surface area (Å²) in [5, 5.41) is 4.07. The summed E-state index contributed by atoms with van der Waals surface area (Å²) < 4.78 is 17.4. The highest BCUT2D eigenvalue weighted by atomic mass is 16.5. The molecule has 7 nitrogen and oxygen atoms in total. The highest BCUT2D eigenvalue weighted by Crippen LogP contribution is 2.40. The summed E-state index contributed by atoms with van der Waals surface area (Å²) in [5.74, 6) is 1.13. The van der Waals surface area contributed by atoms with Crippen LogP contribution in [0.25, 0.3) is 10.9 Å². The summed E-state index contributed by atoms with van der Waals surface area (Å²) in [4.78, 5) is 20.6. The number of nitrogens with one attached hydrogen (secondary N) is 1. The molecule has 1 N–H and O–H groups in total. The number of nitrogens with zero attached hydrogens (tertiary/aromatic N) is 2. The number of amides is 1. The van der Waals surface area contributed by atoms with E-state index >= 15 is 0 Å². The average molecular weight is 464 g/mol. The standard InChI is InChI=1S/C27H33N3O4/c1-5-20-26(18(4)19-10-8-9-11-21(19)28-20)27(31)29-22-16-25(34-7-3)23(17-24(22)33-6-2)30-12-14-32-15-13-30/h8-11,16-17H,5-7,12-15H2,1-4H3,(H,29,31). The molecule has 0 bridgehead atoms. The molecule has 0 saturated carbocycles. The summed E-state index contributed by atoms with van der Waals surface area (Å²) in [6.07, 6.45) is 0.660. The smallest absolute Gasteiger partial charge is 0.257 e. The number of hydrogen-bond donors (Lipinski definition) is 1. The number of aryl methyl sites for hydroxylation is 2. The molecule has 0 unspecified atom stereocenters. The second-order valence-electron chi connectivity index (χ2n) is 8.16. The predicted molar refractivity (Wildman–Crippen MR) is 136 cm³/mol. The summed E-state index contributed by atoms with van der Waals surface area (Å²) in [6, 6.07) is 11.7. The van der Waals surface area contributed by atoms with Crippen LogP contribution in [-0.2, 0) is 11.2 Å². The quantitative estimate of drug-likeness (QED) is 0.507. The monoisotopic (exact) mass is 463 g/mol. The third-order valence-electron chi connectivity index (χ3n) is 6.05. The number of carbonyl (C=O) groups excluding carboxylic acids is 1. The van der Waals surface area contributed by atoms with Gasteiger partial charge in [-0.1, -0.05) is 25.1 Å². The van der Waals surface area contributed by atoms with Crippen molar-refractivity contribution in [3.8, 4) is 11.5 Å². The Bertz CT molecular complexity index is 1170. The molecule has 1 aliphatic heterocycles. The van der Waals surface area contributed by atoms with E-state index in [4.69, 9.17) is 19.2 Å². The Hall–Kier alpha value is -3.32. The van der Waals surface area contributed by atoms with Crippen molar-refractivity contribution in [2.24, 2.45) is 0 Å². The zero-order valence-corrected chi connectivity index (χ0v) is 20.4. The minimum atomic E-state index is -0.199. The highest BCUT2D eigenvalue weighted by Gasteiger charge is 2.23. The maximum Gasteiger partial charge on any atom is 0.257 e. The number of ether oxygens (including phenoxy) is 3. The highest BCUT2D eigenvalue weighted by molar-refractivity contribution is 6.09. The first-order chi connectivity index (χ1) is 16.6. The van der Waals surface area contributed by atoms with Crippen LogP contribution in [0.2, 0.25) is 0 Å². The molecule has 1 aromatic heterocycles. The Morgan fingerprint density at radius 1 is 1.06 bits per heavy atom. The van der Waals surface area contributed by atoms with Gasteiger partial charge in [-0.15, -0.1) is 0 Å².